The van der Waals surface area contributed by atoms with Gasteiger partial charge in [-0.25, -0.2) is 4.98 Å². The Morgan fingerprint density at radius 2 is 2.03 bits per heavy atom. The van der Waals surface area contributed by atoms with Crippen molar-refractivity contribution in [3.63, 3.8) is 0 Å². The summed E-state index contributed by atoms with van der Waals surface area (Å²) in [7, 11) is 0. The summed E-state index contributed by atoms with van der Waals surface area (Å²) in [6.07, 6.45) is -0.824. The highest BCUT2D eigenvalue weighted by Gasteiger charge is 2.59. The Bertz CT molecular complexity index is 953. The van der Waals surface area contributed by atoms with Crippen molar-refractivity contribution in [3.05, 3.63) is 21.7 Å². The van der Waals surface area contributed by atoms with Crippen molar-refractivity contribution in [3.8, 4) is 0 Å². The summed E-state index contributed by atoms with van der Waals surface area (Å²) < 4.78 is 0. The topological polar surface area (TPSA) is 126 Å². The summed E-state index contributed by atoms with van der Waals surface area (Å²) in [5.74, 6) is -2.66. The Kier molecular flexibility index (Phi) is 5.78. The summed E-state index contributed by atoms with van der Waals surface area (Å²) in [6, 6.07) is -0.298. The summed E-state index contributed by atoms with van der Waals surface area (Å²) in [4.78, 5) is 44.7. The first-order chi connectivity index (χ1) is 14.6. The monoisotopic (exact) mass is 465 g/mol. The maximum Gasteiger partial charge on any atom is 0.271 e. The molecule has 2 amide bonds. The van der Waals surface area contributed by atoms with Crippen LogP contribution in [-0.4, -0.2) is 69.3 Å². The molecule has 0 spiro atoms. The van der Waals surface area contributed by atoms with Crippen LogP contribution in [-0.2, 0) is 9.59 Å². The van der Waals surface area contributed by atoms with Gasteiger partial charge in [0, 0.05) is 40.6 Å². The van der Waals surface area contributed by atoms with Crippen LogP contribution in [0.4, 0.5) is 5.13 Å². The molecular formula is C20H25N4O5S2-. The quantitative estimate of drug-likeness (QED) is 0.540. The standard InChI is InChI=1S/C20H26N4O5S2/c1-8(2)21-17(26)12-7-30-20(22-12)23-5-11(6-23)31-16-9(3)14-13(10(4)25)18(27)24(14)15(16)19(28)29/h7-11,13-14,25H,5-6H2,1-4H3,(H,21,26)(H,28,29)/p-1/t9-,10-,13-,14-/m1/s1. The molecule has 0 radical (unpaired) electrons. The van der Waals surface area contributed by atoms with Gasteiger partial charge in [-0.1, -0.05) is 6.92 Å². The molecule has 2 fully saturated rings. The normalized spacial score (nSPS) is 26.6. The number of aliphatic carboxylic acids is 1. The van der Waals surface area contributed by atoms with E-state index in [1.54, 1.807) is 12.3 Å². The van der Waals surface area contributed by atoms with Crippen molar-refractivity contribution in [2.24, 2.45) is 11.8 Å². The number of thiazole rings is 1. The summed E-state index contributed by atoms with van der Waals surface area (Å²) in [5.41, 5.74) is 0.341. The van der Waals surface area contributed by atoms with Gasteiger partial charge in [0.1, 0.15) is 5.69 Å². The number of fused-ring (bicyclic) bond motifs is 1. The molecule has 9 nitrogen and oxygen atoms in total. The molecule has 0 bridgehead atoms. The molecule has 4 atom stereocenters. The number of carbonyl (C=O) groups excluding carboxylic acids is 3. The van der Waals surface area contributed by atoms with Gasteiger partial charge in [0.05, 0.1) is 29.7 Å². The highest BCUT2D eigenvalue weighted by molar-refractivity contribution is 8.03. The maximum atomic E-state index is 12.4. The molecule has 4 heterocycles. The molecule has 1 aromatic rings. The van der Waals surface area contributed by atoms with Crippen LogP contribution in [0.25, 0.3) is 0 Å². The average Bonchev–Trinajstić information content (AvgIpc) is 3.19. The van der Waals surface area contributed by atoms with E-state index in [1.807, 2.05) is 25.7 Å². The van der Waals surface area contributed by atoms with Gasteiger partial charge in [0.2, 0.25) is 5.91 Å². The SMILES string of the molecule is CC(C)NC(=O)c1csc(N2CC(SC3=C(C(=O)[O-])N4C(=O)[C@H]([C@@H](C)O)[C@H]4[C@H]3C)C2)n1. The molecule has 2 N–H and O–H groups in total. The predicted octanol–water partition coefficient (Wildman–Crippen LogP) is 0.0221. The smallest absolute Gasteiger partial charge is 0.271 e. The fraction of sp³-hybridized carbons (Fsp3) is 0.600. The Labute approximate surface area is 188 Å². The number of aliphatic hydroxyl groups is 1. The van der Waals surface area contributed by atoms with Gasteiger partial charge in [-0.3, -0.25) is 9.59 Å². The van der Waals surface area contributed by atoms with Crippen LogP contribution in [0.1, 0.15) is 38.2 Å². The lowest BCUT2D eigenvalue weighted by molar-refractivity contribution is -0.301. The van der Waals surface area contributed by atoms with Crippen molar-refractivity contribution < 1.29 is 24.6 Å². The molecule has 31 heavy (non-hydrogen) atoms. The second kappa shape index (κ2) is 8.10. The lowest BCUT2D eigenvalue weighted by Crippen LogP contribution is -2.64. The molecule has 1 aromatic heterocycles. The van der Waals surface area contributed by atoms with E-state index >= 15 is 0 Å². The molecule has 0 unspecified atom stereocenters. The number of aliphatic hydroxyl groups excluding tert-OH is 1. The largest absolute Gasteiger partial charge is 0.543 e. The van der Waals surface area contributed by atoms with E-state index in [0.717, 1.165) is 5.13 Å². The Hall–Kier alpha value is -2.11. The number of amides is 2. The van der Waals surface area contributed by atoms with E-state index in [2.05, 4.69) is 10.3 Å². The minimum Gasteiger partial charge on any atom is -0.543 e. The summed E-state index contributed by atoms with van der Waals surface area (Å²) in [5, 5.41) is 27.2. The van der Waals surface area contributed by atoms with Gasteiger partial charge in [-0.05, 0) is 20.8 Å². The molecule has 2 saturated heterocycles. The van der Waals surface area contributed by atoms with Crippen molar-refractivity contribution in [2.45, 2.75) is 51.1 Å². The van der Waals surface area contributed by atoms with E-state index in [9.17, 15) is 24.6 Å². The highest BCUT2D eigenvalue weighted by atomic mass is 32.2. The molecule has 0 saturated carbocycles. The van der Waals surface area contributed by atoms with Gasteiger partial charge >= 0.3 is 0 Å². The Morgan fingerprint density at radius 1 is 1.35 bits per heavy atom. The van der Waals surface area contributed by atoms with Crippen LogP contribution in [0.3, 0.4) is 0 Å². The fourth-order valence-corrected chi connectivity index (χ4v) is 6.71. The number of anilines is 1. The molecule has 4 rings (SSSR count). The van der Waals surface area contributed by atoms with Crippen LogP contribution in [0.5, 0.6) is 0 Å². The van der Waals surface area contributed by atoms with Gasteiger partial charge < -0.3 is 30.1 Å². The third kappa shape index (κ3) is 3.72. The molecule has 0 aliphatic carbocycles. The minimum absolute atomic E-state index is 0.0355. The summed E-state index contributed by atoms with van der Waals surface area (Å²) >= 11 is 2.86. The molecule has 3 aliphatic rings. The third-order valence-electron chi connectivity index (χ3n) is 5.86. The third-order valence-corrected chi connectivity index (χ3v) is 8.21. The van der Waals surface area contributed by atoms with Crippen molar-refractivity contribution in [1.29, 1.82) is 0 Å². The number of carboxylic acid groups (broad SMARTS) is 1. The van der Waals surface area contributed by atoms with Crippen LogP contribution < -0.4 is 15.3 Å². The molecule has 168 valence electrons. The first-order valence-corrected chi connectivity index (χ1v) is 12.0. The number of thioether (sulfide) groups is 1. The summed E-state index contributed by atoms with van der Waals surface area (Å²) in [6.45, 7) is 8.57. The highest BCUT2D eigenvalue weighted by Crippen LogP contribution is 2.51. The number of β-lactam (4-membered cyclic amide) rings is 1. The second-order valence-corrected chi connectivity index (χ2v) is 10.7. The van der Waals surface area contributed by atoms with Gasteiger partial charge in [-0.2, -0.15) is 0 Å². The molecular weight excluding hydrogens is 440 g/mol. The Balaban J connectivity index is 1.41. The number of rotatable bonds is 7. The number of hydrogen-bond donors (Lipinski definition) is 2. The number of aromatic nitrogens is 1. The Morgan fingerprint density at radius 3 is 2.61 bits per heavy atom. The van der Waals surface area contributed by atoms with Gasteiger partial charge in [0.15, 0.2) is 5.13 Å². The maximum absolute atomic E-state index is 12.4. The lowest BCUT2D eigenvalue weighted by atomic mass is 9.79. The lowest BCUT2D eigenvalue weighted by Gasteiger charge is -2.47. The van der Waals surface area contributed by atoms with Gasteiger partial charge in [0.25, 0.3) is 5.91 Å². The zero-order valence-electron chi connectivity index (χ0n) is 17.7. The van der Waals surface area contributed by atoms with Crippen LogP contribution in [0.15, 0.2) is 16.0 Å². The van der Waals surface area contributed by atoms with Crippen LogP contribution >= 0.6 is 23.1 Å². The predicted molar refractivity (Wildman–Crippen MR) is 115 cm³/mol. The van der Waals surface area contributed by atoms with E-state index < -0.39 is 18.0 Å². The zero-order valence-corrected chi connectivity index (χ0v) is 19.3. The van der Waals surface area contributed by atoms with Crippen LogP contribution in [0.2, 0.25) is 0 Å². The van der Waals surface area contributed by atoms with Crippen LogP contribution in [0, 0.1) is 11.8 Å². The number of carbonyl (C=O) groups is 3. The first-order valence-electron chi connectivity index (χ1n) is 10.2. The van der Waals surface area contributed by atoms with E-state index in [0.29, 0.717) is 23.7 Å². The molecule has 3 aliphatic heterocycles. The van der Waals surface area contributed by atoms with Crippen molar-refractivity contribution in [2.75, 3.05) is 18.0 Å². The zero-order chi connectivity index (χ0) is 22.6. The number of nitrogens with one attached hydrogen (secondary N) is 1. The molecule has 0 aromatic carbocycles. The van der Waals surface area contributed by atoms with Gasteiger partial charge in [-0.15, -0.1) is 23.1 Å². The van der Waals surface area contributed by atoms with E-state index in [4.69, 9.17) is 0 Å². The second-order valence-electron chi connectivity index (χ2n) is 8.54. The van der Waals surface area contributed by atoms with E-state index in [1.165, 1.54) is 28.0 Å². The van der Waals surface area contributed by atoms with Crippen molar-refractivity contribution in [1.82, 2.24) is 15.2 Å². The minimum atomic E-state index is -1.36. The first kappa shape index (κ1) is 22.1. The van der Waals surface area contributed by atoms with E-state index in [-0.39, 0.29) is 40.8 Å². The number of hydrogen-bond acceptors (Lipinski definition) is 9. The number of carboxylic acids is 1. The van der Waals surface area contributed by atoms with Crippen molar-refractivity contribution >= 4 is 46.0 Å². The number of nitrogens with zero attached hydrogens (tertiary/aromatic N) is 3. The fourth-order valence-electron chi connectivity index (χ4n) is 4.37. The molecule has 11 heteroatoms. The average molecular weight is 466 g/mol.